The lowest BCUT2D eigenvalue weighted by Gasteiger charge is -2.28. The molecule has 3 rings (SSSR count). The molecule has 2 heterocycles. The summed E-state index contributed by atoms with van der Waals surface area (Å²) in [5.74, 6) is -1.17. The monoisotopic (exact) mass is 350 g/mol. The topological polar surface area (TPSA) is 68.7 Å². The van der Waals surface area contributed by atoms with Gasteiger partial charge in [-0.2, -0.15) is 0 Å². The number of halogens is 2. The SMILES string of the molecule is COC(=O)c1ccc2c(n1)N(Cc1c(F)cccc1Cl)C(=O)CO2. The van der Waals surface area contributed by atoms with Gasteiger partial charge < -0.3 is 9.47 Å². The van der Waals surface area contributed by atoms with Crippen molar-refractivity contribution in [3.63, 3.8) is 0 Å². The Morgan fingerprint density at radius 3 is 2.92 bits per heavy atom. The number of ether oxygens (including phenoxy) is 2. The number of aromatic nitrogens is 1. The Hall–Kier alpha value is -2.67. The van der Waals surface area contributed by atoms with E-state index in [-0.39, 0.29) is 35.2 Å². The van der Waals surface area contributed by atoms with Gasteiger partial charge in [0.25, 0.3) is 5.91 Å². The summed E-state index contributed by atoms with van der Waals surface area (Å²) in [6.07, 6.45) is 0. The summed E-state index contributed by atoms with van der Waals surface area (Å²) in [6, 6.07) is 7.20. The van der Waals surface area contributed by atoms with Crippen LogP contribution in [0.2, 0.25) is 5.02 Å². The minimum atomic E-state index is -0.653. The van der Waals surface area contributed by atoms with E-state index in [9.17, 15) is 14.0 Å². The number of pyridine rings is 1. The van der Waals surface area contributed by atoms with Gasteiger partial charge in [0.1, 0.15) is 5.82 Å². The quantitative estimate of drug-likeness (QED) is 0.796. The molecule has 0 bridgehead atoms. The highest BCUT2D eigenvalue weighted by molar-refractivity contribution is 6.31. The van der Waals surface area contributed by atoms with Gasteiger partial charge in [-0.1, -0.05) is 17.7 Å². The molecule has 2 aromatic rings. The zero-order valence-electron chi connectivity index (χ0n) is 12.6. The van der Waals surface area contributed by atoms with Crippen LogP contribution in [-0.2, 0) is 16.1 Å². The summed E-state index contributed by atoms with van der Waals surface area (Å²) in [4.78, 5) is 29.2. The first-order valence-electron chi connectivity index (χ1n) is 6.96. The fourth-order valence-corrected chi connectivity index (χ4v) is 2.52. The predicted molar refractivity (Wildman–Crippen MR) is 83.7 cm³/mol. The number of amides is 1. The number of hydrogen-bond donors (Lipinski definition) is 0. The van der Waals surface area contributed by atoms with Crippen molar-refractivity contribution in [2.75, 3.05) is 18.6 Å². The van der Waals surface area contributed by atoms with Crippen molar-refractivity contribution < 1.29 is 23.5 Å². The molecule has 1 aromatic heterocycles. The number of carbonyl (C=O) groups is 2. The largest absolute Gasteiger partial charge is 0.480 e. The smallest absolute Gasteiger partial charge is 0.356 e. The summed E-state index contributed by atoms with van der Waals surface area (Å²) in [5.41, 5.74) is 0.171. The van der Waals surface area contributed by atoms with Crippen molar-refractivity contribution in [1.29, 1.82) is 0 Å². The van der Waals surface area contributed by atoms with Gasteiger partial charge >= 0.3 is 5.97 Å². The number of hydrogen-bond acceptors (Lipinski definition) is 5. The summed E-state index contributed by atoms with van der Waals surface area (Å²) < 4.78 is 23.9. The molecule has 24 heavy (non-hydrogen) atoms. The summed E-state index contributed by atoms with van der Waals surface area (Å²) >= 11 is 6.02. The number of carbonyl (C=O) groups excluding carboxylic acids is 2. The molecule has 1 aromatic carbocycles. The van der Waals surface area contributed by atoms with Crippen molar-refractivity contribution >= 4 is 29.3 Å². The van der Waals surface area contributed by atoms with Gasteiger partial charge in [-0.3, -0.25) is 9.69 Å². The van der Waals surface area contributed by atoms with Crippen LogP contribution in [0, 0.1) is 5.82 Å². The van der Waals surface area contributed by atoms with Crippen molar-refractivity contribution in [1.82, 2.24) is 4.98 Å². The molecule has 6 nitrogen and oxygen atoms in total. The Morgan fingerprint density at radius 1 is 1.42 bits per heavy atom. The predicted octanol–water partition coefficient (Wildman–Crippen LogP) is 2.59. The second-order valence-electron chi connectivity index (χ2n) is 4.98. The fourth-order valence-electron chi connectivity index (χ4n) is 2.30. The molecule has 0 saturated heterocycles. The average molecular weight is 351 g/mol. The molecule has 0 fully saturated rings. The first-order chi connectivity index (χ1) is 11.5. The second kappa shape index (κ2) is 6.45. The van der Waals surface area contributed by atoms with Gasteiger partial charge in [0.05, 0.1) is 13.7 Å². The normalized spacial score (nSPS) is 13.3. The van der Waals surface area contributed by atoms with Gasteiger partial charge in [-0.15, -0.1) is 0 Å². The lowest BCUT2D eigenvalue weighted by Crippen LogP contribution is -2.39. The maximum atomic E-state index is 14.0. The summed E-state index contributed by atoms with van der Waals surface area (Å²) in [6.45, 7) is -0.337. The van der Waals surface area contributed by atoms with E-state index in [1.807, 2.05) is 0 Å². The first kappa shape index (κ1) is 16.2. The van der Waals surface area contributed by atoms with Crippen molar-refractivity contribution in [3.05, 3.63) is 52.4 Å². The van der Waals surface area contributed by atoms with Crippen molar-refractivity contribution in [2.45, 2.75) is 6.54 Å². The molecular formula is C16H12ClFN2O4. The van der Waals surface area contributed by atoms with Crippen LogP contribution in [0.4, 0.5) is 10.2 Å². The number of anilines is 1. The average Bonchev–Trinajstić information content (AvgIpc) is 2.58. The molecular weight excluding hydrogens is 339 g/mol. The summed E-state index contributed by atoms with van der Waals surface area (Å²) in [5, 5.41) is 0.194. The maximum absolute atomic E-state index is 14.0. The van der Waals surface area contributed by atoms with Crippen molar-refractivity contribution in [2.24, 2.45) is 0 Å². The number of esters is 1. The molecule has 1 aliphatic heterocycles. The second-order valence-corrected chi connectivity index (χ2v) is 5.39. The molecule has 0 spiro atoms. The molecule has 1 aliphatic rings. The minimum absolute atomic E-state index is 0.0131. The Balaban J connectivity index is 2.03. The van der Waals surface area contributed by atoms with E-state index in [0.717, 1.165) is 0 Å². The molecule has 0 atom stereocenters. The number of methoxy groups -OCH3 is 1. The van der Waals surface area contributed by atoms with Crippen LogP contribution >= 0.6 is 11.6 Å². The standard InChI is InChI=1S/C16H12ClFN2O4/c1-23-16(22)12-5-6-13-15(19-12)20(14(21)8-24-13)7-9-10(17)3-2-4-11(9)18/h2-6H,7-8H2,1H3. The zero-order valence-corrected chi connectivity index (χ0v) is 13.3. The van der Waals surface area contributed by atoms with Gasteiger partial charge in [-0.05, 0) is 24.3 Å². The number of fused-ring (bicyclic) bond motifs is 1. The fraction of sp³-hybridized carbons (Fsp3) is 0.188. The molecule has 0 N–H and O–H groups in total. The lowest BCUT2D eigenvalue weighted by atomic mass is 10.1. The third-order valence-electron chi connectivity index (χ3n) is 3.52. The molecule has 0 aliphatic carbocycles. The Labute approximate surface area is 141 Å². The zero-order chi connectivity index (χ0) is 17.3. The van der Waals surface area contributed by atoms with Gasteiger partial charge in [0, 0.05) is 10.6 Å². The summed E-state index contributed by atoms with van der Waals surface area (Å²) in [7, 11) is 1.22. The molecule has 0 radical (unpaired) electrons. The van der Waals surface area contributed by atoms with E-state index in [1.165, 1.54) is 42.3 Å². The number of rotatable bonds is 3. The Morgan fingerprint density at radius 2 is 2.21 bits per heavy atom. The van der Waals surface area contributed by atoms with Gasteiger partial charge in [0.2, 0.25) is 0 Å². The van der Waals surface area contributed by atoms with E-state index in [1.54, 1.807) is 0 Å². The van der Waals surface area contributed by atoms with Crippen LogP contribution in [0.25, 0.3) is 0 Å². The van der Waals surface area contributed by atoms with E-state index in [2.05, 4.69) is 9.72 Å². The molecule has 0 saturated carbocycles. The third kappa shape index (κ3) is 2.90. The Kier molecular flexibility index (Phi) is 4.35. The molecule has 0 unspecified atom stereocenters. The molecule has 1 amide bonds. The van der Waals surface area contributed by atoms with E-state index < -0.39 is 17.7 Å². The van der Waals surface area contributed by atoms with Gasteiger partial charge in [0.15, 0.2) is 23.9 Å². The van der Waals surface area contributed by atoms with E-state index in [4.69, 9.17) is 16.3 Å². The van der Waals surface area contributed by atoms with Crippen LogP contribution in [0.5, 0.6) is 5.75 Å². The first-order valence-corrected chi connectivity index (χ1v) is 7.34. The Bertz CT molecular complexity index is 807. The van der Waals surface area contributed by atoms with Crippen LogP contribution in [0.15, 0.2) is 30.3 Å². The molecule has 124 valence electrons. The van der Waals surface area contributed by atoms with E-state index in [0.29, 0.717) is 5.75 Å². The minimum Gasteiger partial charge on any atom is -0.480 e. The van der Waals surface area contributed by atoms with Crippen LogP contribution in [0.3, 0.4) is 0 Å². The number of benzene rings is 1. The van der Waals surface area contributed by atoms with E-state index >= 15 is 0 Å². The van der Waals surface area contributed by atoms with Gasteiger partial charge in [-0.25, -0.2) is 14.2 Å². The highest BCUT2D eigenvalue weighted by Crippen LogP contribution is 2.33. The lowest BCUT2D eigenvalue weighted by molar-refractivity contribution is -0.121. The van der Waals surface area contributed by atoms with Crippen LogP contribution in [0.1, 0.15) is 16.1 Å². The van der Waals surface area contributed by atoms with Crippen molar-refractivity contribution in [3.8, 4) is 5.75 Å². The van der Waals surface area contributed by atoms with Crippen LogP contribution in [-0.4, -0.2) is 30.6 Å². The highest BCUT2D eigenvalue weighted by Gasteiger charge is 2.29. The number of nitrogens with zero attached hydrogens (tertiary/aromatic N) is 2. The third-order valence-corrected chi connectivity index (χ3v) is 3.87. The highest BCUT2D eigenvalue weighted by atomic mass is 35.5. The maximum Gasteiger partial charge on any atom is 0.356 e. The van der Waals surface area contributed by atoms with Crippen LogP contribution < -0.4 is 9.64 Å². The molecule has 8 heteroatoms.